The van der Waals surface area contributed by atoms with Crippen molar-refractivity contribution in [1.29, 1.82) is 0 Å². The molecule has 0 radical (unpaired) electrons. The van der Waals surface area contributed by atoms with Crippen molar-refractivity contribution < 1.29 is 4.79 Å². The van der Waals surface area contributed by atoms with E-state index in [1.165, 1.54) is 5.56 Å². The molecule has 0 bridgehead atoms. The van der Waals surface area contributed by atoms with Crippen molar-refractivity contribution in [3.63, 3.8) is 0 Å². The number of nitrogens with zero attached hydrogens (tertiary/aromatic N) is 1. The minimum atomic E-state index is -0.0467. The Morgan fingerprint density at radius 3 is 2.47 bits per heavy atom. The fourth-order valence-corrected chi connectivity index (χ4v) is 1.94. The Bertz CT molecular complexity index is 378. The maximum Gasteiger partial charge on any atom is 0.221 e. The summed E-state index contributed by atoms with van der Waals surface area (Å²) in [5.41, 5.74) is 6.98. The Hall–Kier alpha value is -1.39. The molecule has 0 aliphatic heterocycles. The molecule has 2 atom stereocenters. The van der Waals surface area contributed by atoms with Crippen molar-refractivity contribution in [2.45, 2.75) is 31.8 Å². The lowest BCUT2D eigenvalue weighted by Gasteiger charge is -2.25. The van der Waals surface area contributed by atoms with Crippen LogP contribution in [0, 0.1) is 0 Å². The topological polar surface area (TPSA) is 58.4 Å². The van der Waals surface area contributed by atoms with E-state index in [4.69, 9.17) is 5.73 Å². The highest BCUT2D eigenvalue weighted by molar-refractivity contribution is 5.76. The zero-order chi connectivity index (χ0) is 14.3. The van der Waals surface area contributed by atoms with Crippen molar-refractivity contribution in [2.75, 3.05) is 20.6 Å². The van der Waals surface area contributed by atoms with Crippen LogP contribution in [-0.4, -0.2) is 37.5 Å². The summed E-state index contributed by atoms with van der Waals surface area (Å²) in [5.74, 6) is 0.0251. The van der Waals surface area contributed by atoms with E-state index in [1.54, 1.807) is 0 Å². The Morgan fingerprint density at radius 2 is 1.95 bits per heavy atom. The molecule has 0 aliphatic carbocycles. The third-order valence-electron chi connectivity index (χ3n) is 3.27. The Balaban J connectivity index is 2.54. The number of hydrogen-bond acceptors (Lipinski definition) is 3. The zero-order valence-electron chi connectivity index (χ0n) is 12.1. The van der Waals surface area contributed by atoms with Crippen LogP contribution in [0.2, 0.25) is 0 Å². The minimum Gasteiger partial charge on any atom is -0.354 e. The molecule has 1 rings (SSSR count). The van der Waals surface area contributed by atoms with Crippen molar-refractivity contribution >= 4 is 5.91 Å². The highest BCUT2D eigenvalue weighted by Crippen LogP contribution is 2.16. The molecule has 0 heterocycles. The number of carbonyl (C=O) groups is 1. The number of likely N-dealkylation sites (N-methyl/N-ethyl adjacent to an activating group) is 1. The molecule has 19 heavy (non-hydrogen) atoms. The second-order valence-electron chi connectivity index (χ2n) is 5.07. The average molecular weight is 263 g/mol. The van der Waals surface area contributed by atoms with Crippen molar-refractivity contribution in [3.8, 4) is 0 Å². The van der Waals surface area contributed by atoms with E-state index in [1.807, 2.05) is 39.2 Å². The van der Waals surface area contributed by atoms with Crippen LogP contribution in [0.25, 0.3) is 0 Å². The molecule has 0 aliphatic rings. The summed E-state index contributed by atoms with van der Waals surface area (Å²) in [6.45, 7) is 2.59. The van der Waals surface area contributed by atoms with Crippen LogP contribution in [0.5, 0.6) is 0 Å². The van der Waals surface area contributed by atoms with Gasteiger partial charge in [0.2, 0.25) is 5.91 Å². The second kappa shape index (κ2) is 7.92. The summed E-state index contributed by atoms with van der Waals surface area (Å²) in [6, 6.07) is 10.3. The average Bonchev–Trinajstić information content (AvgIpc) is 2.39. The molecule has 0 saturated heterocycles. The fourth-order valence-electron chi connectivity index (χ4n) is 1.94. The summed E-state index contributed by atoms with van der Waals surface area (Å²) in [5, 5.41) is 2.97. The van der Waals surface area contributed by atoms with Crippen LogP contribution in [-0.2, 0) is 4.79 Å². The molecular formula is C15H25N3O. The second-order valence-corrected chi connectivity index (χ2v) is 5.07. The molecule has 0 saturated carbocycles. The number of benzene rings is 1. The number of nitrogens with one attached hydrogen (secondary N) is 1. The largest absolute Gasteiger partial charge is 0.354 e. The van der Waals surface area contributed by atoms with Crippen LogP contribution in [0.4, 0.5) is 0 Å². The number of carbonyl (C=O) groups excluding carboxylic acids is 1. The first kappa shape index (κ1) is 15.7. The van der Waals surface area contributed by atoms with Gasteiger partial charge in [0.05, 0.1) is 6.04 Å². The Kier molecular flexibility index (Phi) is 6.53. The summed E-state index contributed by atoms with van der Waals surface area (Å²) in [6.07, 6.45) is 1.22. The predicted molar refractivity (Wildman–Crippen MR) is 78.8 cm³/mol. The molecule has 0 fully saturated rings. The molecule has 0 aromatic heterocycles. The van der Waals surface area contributed by atoms with E-state index in [2.05, 4.69) is 22.3 Å². The number of nitrogens with two attached hydrogens (primary N) is 1. The first-order chi connectivity index (χ1) is 9.04. The van der Waals surface area contributed by atoms with Crippen molar-refractivity contribution in [1.82, 2.24) is 10.2 Å². The van der Waals surface area contributed by atoms with Gasteiger partial charge >= 0.3 is 0 Å². The van der Waals surface area contributed by atoms with Gasteiger partial charge in [-0.1, -0.05) is 37.3 Å². The summed E-state index contributed by atoms with van der Waals surface area (Å²) < 4.78 is 0. The van der Waals surface area contributed by atoms with Crippen LogP contribution >= 0.6 is 0 Å². The van der Waals surface area contributed by atoms with Gasteiger partial charge < -0.3 is 16.0 Å². The van der Waals surface area contributed by atoms with E-state index in [9.17, 15) is 4.79 Å². The lowest BCUT2D eigenvalue weighted by molar-refractivity contribution is -0.121. The molecule has 1 amide bonds. The van der Waals surface area contributed by atoms with Gasteiger partial charge in [-0.2, -0.15) is 0 Å². The summed E-state index contributed by atoms with van der Waals surface area (Å²) >= 11 is 0. The van der Waals surface area contributed by atoms with Crippen molar-refractivity contribution in [3.05, 3.63) is 35.9 Å². The van der Waals surface area contributed by atoms with Gasteiger partial charge in [0.15, 0.2) is 0 Å². The zero-order valence-corrected chi connectivity index (χ0v) is 12.1. The van der Waals surface area contributed by atoms with Gasteiger partial charge in [0.25, 0.3) is 0 Å². The molecule has 1 aromatic rings. The van der Waals surface area contributed by atoms with E-state index in [-0.39, 0.29) is 18.0 Å². The highest BCUT2D eigenvalue weighted by Gasteiger charge is 2.15. The van der Waals surface area contributed by atoms with E-state index in [0.717, 1.165) is 6.42 Å². The molecule has 0 spiro atoms. The number of amides is 1. The molecule has 106 valence electrons. The lowest BCUT2D eigenvalue weighted by Crippen LogP contribution is -2.37. The molecule has 2 unspecified atom stereocenters. The predicted octanol–water partition coefficient (Wildman–Crippen LogP) is 1.53. The third kappa shape index (κ3) is 5.41. The first-order valence-electron chi connectivity index (χ1n) is 6.78. The molecule has 4 heteroatoms. The van der Waals surface area contributed by atoms with E-state index >= 15 is 0 Å². The van der Waals surface area contributed by atoms with Crippen LogP contribution in [0.1, 0.15) is 31.4 Å². The molecule has 3 N–H and O–H groups in total. The lowest BCUT2D eigenvalue weighted by atomic mass is 10.1. The Labute approximate surface area is 116 Å². The third-order valence-corrected chi connectivity index (χ3v) is 3.27. The number of rotatable bonds is 7. The molecular weight excluding hydrogens is 238 g/mol. The van der Waals surface area contributed by atoms with Crippen LogP contribution in [0.15, 0.2) is 30.3 Å². The molecule has 1 aromatic carbocycles. The van der Waals surface area contributed by atoms with E-state index in [0.29, 0.717) is 13.0 Å². The maximum absolute atomic E-state index is 11.8. The monoisotopic (exact) mass is 263 g/mol. The van der Waals surface area contributed by atoms with Crippen molar-refractivity contribution in [2.24, 2.45) is 5.73 Å². The highest BCUT2D eigenvalue weighted by atomic mass is 16.1. The van der Waals surface area contributed by atoms with Crippen LogP contribution < -0.4 is 11.1 Å². The standard InChI is InChI=1S/C15H25N3O/c1-4-13(16)10-15(19)17-11-14(18(2)3)12-8-6-5-7-9-12/h5-9,13-14H,4,10-11,16H2,1-3H3,(H,17,19). The normalized spacial score (nSPS) is 14.2. The summed E-state index contributed by atoms with van der Waals surface area (Å²) in [7, 11) is 4.03. The summed E-state index contributed by atoms with van der Waals surface area (Å²) in [4.78, 5) is 13.9. The van der Waals surface area contributed by atoms with E-state index < -0.39 is 0 Å². The van der Waals surface area contributed by atoms with Gasteiger partial charge in [-0.05, 0) is 26.1 Å². The van der Waals surface area contributed by atoms with Gasteiger partial charge in [-0.15, -0.1) is 0 Å². The first-order valence-corrected chi connectivity index (χ1v) is 6.78. The quantitative estimate of drug-likeness (QED) is 0.784. The smallest absolute Gasteiger partial charge is 0.221 e. The fraction of sp³-hybridized carbons (Fsp3) is 0.533. The number of hydrogen-bond donors (Lipinski definition) is 2. The maximum atomic E-state index is 11.8. The van der Waals surface area contributed by atoms with Gasteiger partial charge in [-0.25, -0.2) is 0 Å². The SMILES string of the molecule is CCC(N)CC(=O)NCC(c1ccccc1)N(C)C. The minimum absolute atomic E-state index is 0.0251. The van der Waals surface area contributed by atoms with Gasteiger partial charge in [0.1, 0.15) is 0 Å². The van der Waals surface area contributed by atoms with Crippen LogP contribution in [0.3, 0.4) is 0 Å². The molecule has 4 nitrogen and oxygen atoms in total. The van der Waals surface area contributed by atoms with Gasteiger partial charge in [-0.3, -0.25) is 4.79 Å². The van der Waals surface area contributed by atoms with Gasteiger partial charge in [0, 0.05) is 19.0 Å². The Morgan fingerprint density at radius 1 is 1.32 bits per heavy atom.